The van der Waals surface area contributed by atoms with Gasteiger partial charge in [-0.1, -0.05) is 6.07 Å². The van der Waals surface area contributed by atoms with Gasteiger partial charge in [-0.25, -0.2) is 4.68 Å². The second kappa shape index (κ2) is 6.91. The number of carbonyl (C=O) groups is 2. The van der Waals surface area contributed by atoms with Crippen LogP contribution in [0.25, 0.3) is 5.69 Å². The summed E-state index contributed by atoms with van der Waals surface area (Å²) in [7, 11) is 0. The van der Waals surface area contributed by atoms with Crippen molar-refractivity contribution in [1.82, 2.24) is 31.1 Å². The lowest BCUT2D eigenvalue weighted by Crippen LogP contribution is -2.41. The van der Waals surface area contributed by atoms with Gasteiger partial charge in [0, 0.05) is 11.1 Å². The highest BCUT2D eigenvalue weighted by Gasteiger charge is 2.10. The Kier molecular flexibility index (Phi) is 4.51. The van der Waals surface area contributed by atoms with E-state index in [1.165, 1.54) is 11.0 Å². The molecule has 3 rings (SSSR count). The first kappa shape index (κ1) is 16.3. The molecule has 2 aromatic carbocycles. The number of aryl methyl sites for hydroxylation is 2. The molecule has 0 aliphatic heterocycles. The van der Waals surface area contributed by atoms with Gasteiger partial charge in [0.05, 0.1) is 5.69 Å². The Hall–Kier alpha value is -3.55. The molecule has 0 aliphatic rings. The molecule has 0 saturated heterocycles. The molecule has 0 unspecified atom stereocenters. The van der Waals surface area contributed by atoms with Crippen molar-refractivity contribution in [3.63, 3.8) is 0 Å². The van der Waals surface area contributed by atoms with Gasteiger partial charge in [-0.05, 0) is 71.8 Å². The predicted molar refractivity (Wildman–Crippen MR) is 90.0 cm³/mol. The third-order valence-electron chi connectivity index (χ3n) is 3.80. The van der Waals surface area contributed by atoms with E-state index in [1.807, 2.05) is 19.9 Å². The average molecular weight is 336 g/mol. The third-order valence-corrected chi connectivity index (χ3v) is 3.80. The number of hydrogen-bond acceptors (Lipinski definition) is 5. The number of rotatable bonds is 3. The summed E-state index contributed by atoms with van der Waals surface area (Å²) >= 11 is 0. The molecule has 2 N–H and O–H groups in total. The zero-order chi connectivity index (χ0) is 17.8. The minimum Gasteiger partial charge on any atom is -0.267 e. The van der Waals surface area contributed by atoms with Gasteiger partial charge in [-0.3, -0.25) is 20.4 Å². The number of benzene rings is 2. The van der Waals surface area contributed by atoms with E-state index in [0.29, 0.717) is 11.1 Å². The van der Waals surface area contributed by atoms with Gasteiger partial charge in [0.1, 0.15) is 6.33 Å². The van der Waals surface area contributed by atoms with Gasteiger partial charge in [0.25, 0.3) is 11.8 Å². The Morgan fingerprint density at radius 1 is 0.880 bits per heavy atom. The van der Waals surface area contributed by atoms with Crippen molar-refractivity contribution in [2.45, 2.75) is 13.8 Å². The van der Waals surface area contributed by atoms with Crippen LogP contribution in [-0.2, 0) is 0 Å². The number of amides is 2. The molecule has 0 fully saturated rings. The standard InChI is InChI=1S/C17H16N6O2/c1-11-3-4-14(9-12(11)2)17(25)20-19-16(24)13-5-7-15(8-6-13)23-10-18-21-22-23/h3-10H,1-2H3,(H,19,24)(H,20,25). The molecule has 8 nitrogen and oxygen atoms in total. The Morgan fingerprint density at radius 2 is 1.52 bits per heavy atom. The van der Waals surface area contributed by atoms with E-state index >= 15 is 0 Å². The Balaban J connectivity index is 1.62. The lowest BCUT2D eigenvalue weighted by Gasteiger charge is -2.09. The van der Waals surface area contributed by atoms with Gasteiger partial charge >= 0.3 is 0 Å². The van der Waals surface area contributed by atoms with E-state index in [0.717, 1.165) is 16.8 Å². The molecule has 126 valence electrons. The van der Waals surface area contributed by atoms with Crippen LogP contribution < -0.4 is 10.9 Å². The van der Waals surface area contributed by atoms with E-state index in [-0.39, 0.29) is 5.91 Å². The van der Waals surface area contributed by atoms with Gasteiger partial charge in [-0.15, -0.1) is 5.10 Å². The molecule has 0 saturated carbocycles. The van der Waals surface area contributed by atoms with E-state index in [9.17, 15) is 9.59 Å². The van der Waals surface area contributed by atoms with Crippen LogP contribution in [0.15, 0.2) is 48.8 Å². The highest BCUT2D eigenvalue weighted by molar-refractivity contribution is 5.99. The van der Waals surface area contributed by atoms with Gasteiger partial charge < -0.3 is 0 Å². The van der Waals surface area contributed by atoms with Crippen molar-refractivity contribution in [3.8, 4) is 5.69 Å². The summed E-state index contributed by atoms with van der Waals surface area (Å²) < 4.78 is 1.48. The topological polar surface area (TPSA) is 102 Å². The summed E-state index contributed by atoms with van der Waals surface area (Å²) in [6.45, 7) is 3.90. The highest BCUT2D eigenvalue weighted by Crippen LogP contribution is 2.10. The zero-order valence-electron chi connectivity index (χ0n) is 13.7. The quantitative estimate of drug-likeness (QED) is 0.703. The zero-order valence-corrected chi connectivity index (χ0v) is 13.7. The fourth-order valence-corrected chi connectivity index (χ4v) is 2.19. The molecular weight excluding hydrogens is 320 g/mol. The summed E-state index contributed by atoms with van der Waals surface area (Å²) in [4.78, 5) is 24.2. The van der Waals surface area contributed by atoms with Gasteiger partial charge in [-0.2, -0.15) is 0 Å². The first-order valence-corrected chi connectivity index (χ1v) is 7.56. The Bertz CT molecular complexity index is 903. The molecule has 0 atom stereocenters. The molecule has 0 aliphatic carbocycles. The second-order valence-corrected chi connectivity index (χ2v) is 5.51. The summed E-state index contributed by atoms with van der Waals surface area (Å²) in [5.74, 6) is -0.790. The van der Waals surface area contributed by atoms with Crippen molar-refractivity contribution in [2.75, 3.05) is 0 Å². The summed E-state index contributed by atoms with van der Waals surface area (Å²) in [6.07, 6.45) is 1.46. The number of aromatic nitrogens is 4. The normalized spacial score (nSPS) is 10.3. The van der Waals surface area contributed by atoms with Crippen molar-refractivity contribution in [3.05, 3.63) is 71.0 Å². The van der Waals surface area contributed by atoms with Crippen LogP contribution in [0, 0.1) is 13.8 Å². The van der Waals surface area contributed by atoms with Crippen LogP contribution in [0.2, 0.25) is 0 Å². The molecule has 8 heteroatoms. The van der Waals surface area contributed by atoms with Crippen LogP contribution in [0.5, 0.6) is 0 Å². The maximum atomic E-state index is 12.1. The Morgan fingerprint density at radius 3 is 2.12 bits per heavy atom. The molecule has 25 heavy (non-hydrogen) atoms. The van der Waals surface area contributed by atoms with Crippen molar-refractivity contribution < 1.29 is 9.59 Å². The predicted octanol–water partition coefficient (Wildman–Crippen LogP) is 1.35. The maximum Gasteiger partial charge on any atom is 0.269 e. The number of hydrogen-bond donors (Lipinski definition) is 2. The molecule has 2 amide bonds. The largest absolute Gasteiger partial charge is 0.269 e. The third kappa shape index (κ3) is 3.69. The summed E-state index contributed by atoms with van der Waals surface area (Å²) in [6, 6.07) is 12.0. The van der Waals surface area contributed by atoms with E-state index in [4.69, 9.17) is 0 Å². The molecule has 1 aromatic heterocycles. The van der Waals surface area contributed by atoms with Crippen molar-refractivity contribution in [1.29, 1.82) is 0 Å². The summed E-state index contributed by atoms with van der Waals surface area (Å²) in [5, 5.41) is 10.9. The fraction of sp³-hybridized carbons (Fsp3) is 0.118. The monoisotopic (exact) mass is 336 g/mol. The molecule has 0 bridgehead atoms. The lowest BCUT2D eigenvalue weighted by molar-refractivity contribution is 0.0846. The molecule has 1 heterocycles. The van der Waals surface area contributed by atoms with E-state index in [2.05, 4.69) is 26.4 Å². The van der Waals surface area contributed by atoms with Crippen LogP contribution in [0.4, 0.5) is 0 Å². The van der Waals surface area contributed by atoms with Crippen LogP contribution in [0.1, 0.15) is 31.8 Å². The number of nitrogens with zero attached hydrogens (tertiary/aromatic N) is 4. The van der Waals surface area contributed by atoms with Crippen LogP contribution in [0.3, 0.4) is 0 Å². The molecular formula is C17H16N6O2. The van der Waals surface area contributed by atoms with Crippen molar-refractivity contribution in [2.24, 2.45) is 0 Å². The minimum absolute atomic E-state index is 0.373. The van der Waals surface area contributed by atoms with E-state index < -0.39 is 5.91 Å². The first-order chi connectivity index (χ1) is 12.0. The molecule has 0 spiro atoms. The maximum absolute atomic E-state index is 12.1. The number of nitrogens with one attached hydrogen (secondary N) is 2. The van der Waals surface area contributed by atoms with Gasteiger partial charge in [0.2, 0.25) is 0 Å². The van der Waals surface area contributed by atoms with Crippen LogP contribution in [-0.4, -0.2) is 32.0 Å². The van der Waals surface area contributed by atoms with Gasteiger partial charge in [0.15, 0.2) is 0 Å². The number of carbonyl (C=O) groups excluding carboxylic acids is 2. The first-order valence-electron chi connectivity index (χ1n) is 7.56. The Labute approximate surface area is 143 Å². The highest BCUT2D eigenvalue weighted by atomic mass is 16.2. The number of tetrazole rings is 1. The molecule has 0 radical (unpaired) electrons. The van der Waals surface area contributed by atoms with E-state index in [1.54, 1.807) is 36.4 Å². The average Bonchev–Trinajstić information content (AvgIpc) is 3.16. The SMILES string of the molecule is Cc1ccc(C(=O)NNC(=O)c2ccc(-n3cnnn3)cc2)cc1C. The number of hydrazine groups is 1. The van der Waals surface area contributed by atoms with Crippen LogP contribution >= 0.6 is 0 Å². The van der Waals surface area contributed by atoms with Crippen molar-refractivity contribution >= 4 is 11.8 Å². The lowest BCUT2D eigenvalue weighted by atomic mass is 10.1. The smallest absolute Gasteiger partial charge is 0.267 e. The fourth-order valence-electron chi connectivity index (χ4n) is 2.19. The minimum atomic E-state index is -0.416. The summed E-state index contributed by atoms with van der Waals surface area (Å²) in [5.41, 5.74) is 8.53. The molecule has 3 aromatic rings. The second-order valence-electron chi connectivity index (χ2n) is 5.51.